The first kappa shape index (κ1) is 15.2. The van der Waals surface area contributed by atoms with Crippen molar-refractivity contribution in [3.8, 4) is 0 Å². The van der Waals surface area contributed by atoms with E-state index in [1.807, 2.05) is 12.1 Å². The quantitative estimate of drug-likeness (QED) is 0.740. The van der Waals surface area contributed by atoms with Gasteiger partial charge in [-0.25, -0.2) is 4.39 Å². The number of hydrogen-bond donors (Lipinski definition) is 1. The third-order valence-corrected chi connectivity index (χ3v) is 5.50. The van der Waals surface area contributed by atoms with E-state index in [4.69, 9.17) is 0 Å². The van der Waals surface area contributed by atoms with Gasteiger partial charge in [-0.15, -0.1) is 11.3 Å². The van der Waals surface area contributed by atoms with Gasteiger partial charge in [0.2, 0.25) is 0 Å². The Balaban J connectivity index is 1.67. The summed E-state index contributed by atoms with van der Waals surface area (Å²) >= 11 is 5.29. The van der Waals surface area contributed by atoms with Gasteiger partial charge < -0.3 is 5.32 Å². The third-order valence-electron chi connectivity index (χ3n) is 3.86. The van der Waals surface area contributed by atoms with E-state index in [0.29, 0.717) is 12.0 Å². The average molecular weight is 368 g/mol. The van der Waals surface area contributed by atoms with Gasteiger partial charge in [0.1, 0.15) is 5.82 Å². The largest absolute Gasteiger partial charge is 0.314 e. The van der Waals surface area contributed by atoms with Gasteiger partial charge in [-0.05, 0) is 77.8 Å². The topological polar surface area (TPSA) is 12.0 Å². The van der Waals surface area contributed by atoms with Crippen LogP contribution in [-0.2, 0) is 12.8 Å². The van der Waals surface area contributed by atoms with Crippen LogP contribution in [-0.4, -0.2) is 12.6 Å². The molecule has 3 rings (SSSR count). The molecule has 1 atom stereocenters. The molecule has 0 amide bonds. The van der Waals surface area contributed by atoms with Gasteiger partial charge in [0.15, 0.2) is 0 Å². The lowest BCUT2D eigenvalue weighted by atomic mass is 9.95. The highest BCUT2D eigenvalue weighted by Crippen LogP contribution is 2.26. The summed E-state index contributed by atoms with van der Waals surface area (Å²) in [7, 11) is 0. The minimum atomic E-state index is -0.0821. The number of rotatable bonds is 7. The van der Waals surface area contributed by atoms with E-state index in [0.717, 1.165) is 28.7 Å². The molecule has 2 aromatic rings. The van der Waals surface area contributed by atoms with Crippen molar-refractivity contribution in [3.05, 3.63) is 56.4 Å². The smallest absolute Gasteiger partial charge is 0.126 e. The van der Waals surface area contributed by atoms with E-state index in [-0.39, 0.29) is 5.82 Å². The third kappa shape index (κ3) is 4.63. The molecule has 1 unspecified atom stereocenters. The standard InChI is InChI=1S/C17H19BrFNS/c18-17-8-7-15(21-17)10-12(11-20-14-5-6-14)9-13-3-1-2-4-16(13)19/h1-4,7-8,12,14,20H,5-6,9-11H2. The fraction of sp³-hybridized carbons (Fsp3) is 0.412. The molecule has 1 aromatic heterocycles. The predicted molar refractivity (Wildman–Crippen MR) is 90.3 cm³/mol. The molecule has 1 aliphatic carbocycles. The van der Waals surface area contributed by atoms with Gasteiger partial charge in [-0.1, -0.05) is 18.2 Å². The van der Waals surface area contributed by atoms with Crippen molar-refractivity contribution in [2.45, 2.75) is 31.7 Å². The van der Waals surface area contributed by atoms with Crippen molar-refractivity contribution in [3.63, 3.8) is 0 Å². The summed E-state index contributed by atoms with van der Waals surface area (Å²) in [5.74, 6) is 0.356. The number of hydrogen-bond acceptors (Lipinski definition) is 2. The van der Waals surface area contributed by atoms with Gasteiger partial charge in [-0.3, -0.25) is 0 Å². The van der Waals surface area contributed by atoms with Crippen LogP contribution in [0.1, 0.15) is 23.3 Å². The Hall–Kier alpha value is -0.710. The Bertz CT molecular complexity index is 594. The van der Waals surface area contributed by atoms with Gasteiger partial charge in [0, 0.05) is 10.9 Å². The van der Waals surface area contributed by atoms with E-state index in [1.54, 1.807) is 23.5 Å². The highest BCUT2D eigenvalue weighted by Gasteiger charge is 2.22. The Labute approximate surface area is 137 Å². The molecular formula is C17H19BrFNS. The van der Waals surface area contributed by atoms with Crippen LogP contribution in [0.25, 0.3) is 0 Å². The van der Waals surface area contributed by atoms with Crippen molar-refractivity contribution in [1.29, 1.82) is 0 Å². The van der Waals surface area contributed by atoms with Crippen LogP contribution in [0.2, 0.25) is 0 Å². The number of thiophene rings is 1. The molecule has 21 heavy (non-hydrogen) atoms. The maximum Gasteiger partial charge on any atom is 0.126 e. The maximum absolute atomic E-state index is 13.9. The van der Waals surface area contributed by atoms with Crippen LogP contribution < -0.4 is 5.32 Å². The minimum Gasteiger partial charge on any atom is -0.314 e. The molecule has 0 aliphatic heterocycles. The number of benzene rings is 1. The van der Waals surface area contributed by atoms with E-state index < -0.39 is 0 Å². The summed E-state index contributed by atoms with van der Waals surface area (Å²) in [5.41, 5.74) is 0.829. The highest BCUT2D eigenvalue weighted by atomic mass is 79.9. The molecule has 1 nitrogen and oxygen atoms in total. The number of halogens is 2. The van der Waals surface area contributed by atoms with E-state index >= 15 is 0 Å². The van der Waals surface area contributed by atoms with Gasteiger partial charge in [0.05, 0.1) is 3.79 Å². The second-order valence-corrected chi connectivity index (χ2v) is 8.30. The van der Waals surface area contributed by atoms with Crippen LogP contribution in [0, 0.1) is 11.7 Å². The average Bonchev–Trinajstić information content (AvgIpc) is 3.21. The van der Waals surface area contributed by atoms with Gasteiger partial charge in [-0.2, -0.15) is 0 Å². The Morgan fingerprint density at radius 2 is 2.00 bits per heavy atom. The fourth-order valence-electron chi connectivity index (χ4n) is 2.56. The molecule has 1 heterocycles. The maximum atomic E-state index is 13.9. The van der Waals surface area contributed by atoms with Crippen LogP contribution in [0.3, 0.4) is 0 Å². The Morgan fingerprint density at radius 1 is 1.19 bits per heavy atom. The van der Waals surface area contributed by atoms with Gasteiger partial charge >= 0.3 is 0 Å². The molecule has 0 spiro atoms. The van der Waals surface area contributed by atoms with Gasteiger partial charge in [0.25, 0.3) is 0 Å². The highest BCUT2D eigenvalue weighted by molar-refractivity contribution is 9.11. The van der Waals surface area contributed by atoms with Crippen molar-refractivity contribution >= 4 is 27.3 Å². The summed E-state index contributed by atoms with van der Waals surface area (Å²) in [5, 5.41) is 3.59. The Kier molecular flexibility index (Phi) is 5.09. The normalized spacial score (nSPS) is 16.1. The van der Waals surface area contributed by atoms with E-state index in [9.17, 15) is 4.39 Å². The molecule has 1 aliphatic rings. The molecule has 0 radical (unpaired) electrons. The zero-order chi connectivity index (χ0) is 14.7. The minimum absolute atomic E-state index is 0.0821. The van der Waals surface area contributed by atoms with Crippen molar-refractivity contribution in [1.82, 2.24) is 5.32 Å². The molecule has 1 saturated carbocycles. The lowest BCUT2D eigenvalue weighted by Gasteiger charge is -2.17. The van der Waals surface area contributed by atoms with E-state index in [2.05, 4.69) is 33.4 Å². The lowest BCUT2D eigenvalue weighted by Crippen LogP contribution is -2.27. The molecule has 0 bridgehead atoms. The first-order chi connectivity index (χ1) is 10.2. The molecule has 4 heteroatoms. The van der Waals surface area contributed by atoms with Crippen molar-refractivity contribution in [2.75, 3.05) is 6.54 Å². The van der Waals surface area contributed by atoms with Crippen LogP contribution in [0.5, 0.6) is 0 Å². The molecule has 1 aromatic carbocycles. The van der Waals surface area contributed by atoms with Crippen LogP contribution >= 0.6 is 27.3 Å². The van der Waals surface area contributed by atoms with Crippen LogP contribution in [0.15, 0.2) is 40.2 Å². The van der Waals surface area contributed by atoms with E-state index in [1.165, 1.54) is 17.7 Å². The first-order valence-corrected chi connectivity index (χ1v) is 9.02. The zero-order valence-electron chi connectivity index (χ0n) is 11.8. The Morgan fingerprint density at radius 3 is 2.67 bits per heavy atom. The summed E-state index contributed by atoms with van der Waals surface area (Å²) < 4.78 is 15.0. The van der Waals surface area contributed by atoms with Crippen molar-refractivity contribution < 1.29 is 4.39 Å². The molecular weight excluding hydrogens is 349 g/mol. The summed E-state index contributed by atoms with van der Waals surface area (Å²) in [4.78, 5) is 1.36. The SMILES string of the molecule is Fc1ccccc1CC(CNC1CC1)Cc1ccc(Br)s1. The van der Waals surface area contributed by atoms with Crippen molar-refractivity contribution in [2.24, 2.45) is 5.92 Å². The molecule has 1 N–H and O–H groups in total. The molecule has 1 fully saturated rings. The second kappa shape index (κ2) is 7.03. The molecule has 112 valence electrons. The molecule has 0 saturated heterocycles. The number of nitrogens with one attached hydrogen (secondary N) is 1. The lowest BCUT2D eigenvalue weighted by molar-refractivity contribution is 0.461. The van der Waals surface area contributed by atoms with Crippen LogP contribution in [0.4, 0.5) is 4.39 Å². The fourth-order valence-corrected chi connectivity index (χ4v) is 4.16. The summed E-state index contributed by atoms with van der Waals surface area (Å²) in [6.07, 6.45) is 4.38. The first-order valence-electron chi connectivity index (χ1n) is 7.41. The second-order valence-electron chi connectivity index (χ2n) is 5.75. The zero-order valence-corrected chi connectivity index (χ0v) is 14.2. The monoisotopic (exact) mass is 367 g/mol. The predicted octanol–water partition coefficient (Wildman–Crippen LogP) is 4.80. The summed E-state index contributed by atoms with van der Waals surface area (Å²) in [6, 6.07) is 12.1. The summed E-state index contributed by atoms with van der Waals surface area (Å²) in [6.45, 7) is 0.967.